The number of hydrogen-bond acceptors (Lipinski definition) is 6. The van der Waals surface area contributed by atoms with Crippen LogP contribution in [0.1, 0.15) is 175 Å². The number of esters is 2. The Bertz CT molecular complexity index is 832. The van der Waals surface area contributed by atoms with Crippen molar-refractivity contribution >= 4 is 11.9 Å². The summed E-state index contributed by atoms with van der Waals surface area (Å²) in [5.41, 5.74) is 0. The summed E-state index contributed by atoms with van der Waals surface area (Å²) in [5, 5.41) is 10.0. The summed E-state index contributed by atoms with van der Waals surface area (Å²) in [6.07, 6.45) is 39.5. The number of rotatable bonds is 33. The first-order valence-corrected chi connectivity index (χ1v) is 19.5. The van der Waals surface area contributed by atoms with Crippen molar-refractivity contribution in [2.45, 2.75) is 193 Å². The van der Waals surface area contributed by atoms with E-state index in [1.807, 2.05) is 0 Å². The van der Waals surface area contributed by atoms with Gasteiger partial charge in [0, 0.05) is 12.8 Å². The lowest BCUT2D eigenvalue weighted by molar-refractivity contribution is -0.152. The van der Waals surface area contributed by atoms with E-state index in [9.17, 15) is 14.7 Å². The molecule has 6 heteroatoms. The molecule has 1 fully saturated rings. The van der Waals surface area contributed by atoms with Gasteiger partial charge in [-0.05, 0) is 50.9 Å². The quantitative estimate of drug-likeness (QED) is 0.0326. The molecular formula is C41H72O6. The van der Waals surface area contributed by atoms with E-state index in [-0.39, 0.29) is 25.2 Å². The smallest absolute Gasteiger partial charge is 0.305 e. The maximum atomic E-state index is 12.0. The minimum atomic E-state index is -0.987. The van der Waals surface area contributed by atoms with Gasteiger partial charge < -0.3 is 19.3 Å². The molecule has 0 radical (unpaired) electrons. The highest BCUT2D eigenvalue weighted by Crippen LogP contribution is 2.30. The molecule has 1 rings (SSSR count). The van der Waals surface area contributed by atoms with E-state index in [1.165, 1.54) is 89.9 Å². The number of carbonyl (C=O) groups excluding carboxylic acids is 2. The number of aliphatic hydroxyl groups is 1. The standard InChI is InChI=1S/C41H72O6/c1-4-5-24-30-38-39(47-38)31-26-21-17-13-10-11-15-19-23-28-33-41(44)46-35-37(42)34-45-40(43)32-27-22-18-14-9-7-6-8-12-16-20-25-29-36(2)3/h10,13,15,19,21,26,36-39,42H,4-9,11-12,14,16-18,20,22-25,27-35H2,1-3H3/b13-10-,19-15-,26-21-/t37-,38?,39?/m1/s1. The SMILES string of the molecule is CCCCCC1OC1C/C=C\C/C=C\C/C=C\CCCC(=O)OC[C@H](O)COC(=O)CCCCCCCCCCCCCCC(C)C. The fraction of sp³-hybridized carbons (Fsp3) is 0.805. The Balaban J connectivity index is 1.85. The summed E-state index contributed by atoms with van der Waals surface area (Å²) in [7, 11) is 0. The molecule has 0 aromatic rings. The van der Waals surface area contributed by atoms with Gasteiger partial charge in [0.25, 0.3) is 0 Å². The van der Waals surface area contributed by atoms with E-state index in [1.54, 1.807) is 0 Å². The molecule has 0 bridgehead atoms. The average Bonchev–Trinajstić information content (AvgIpc) is 3.81. The molecule has 0 spiro atoms. The third kappa shape index (κ3) is 29.9. The predicted molar refractivity (Wildman–Crippen MR) is 195 cm³/mol. The molecule has 47 heavy (non-hydrogen) atoms. The van der Waals surface area contributed by atoms with E-state index in [4.69, 9.17) is 14.2 Å². The van der Waals surface area contributed by atoms with Crippen molar-refractivity contribution in [3.63, 3.8) is 0 Å². The first-order chi connectivity index (χ1) is 22.9. The lowest BCUT2D eigenvalue weighted by atomic mass is 10.0. The molecular weight excluding hydrogens is 588 g/mol. The van der Waals surface area contributed by atoms with Gasteiger partial charge in [-0.25, -0.2) is 0 Å². The number of carbonyl (C=O) groups is 2. The molecule has 0 aliphatic carbocycles. The number of unbranched alkanes of at least 4 members (excludes halogenated alkanes) is 14. The molecule has 6 nitrogen and oxygen atoms in total. The third-order valence-corrected chi connectivity index (χ3v) is 8.73. The van der Waals surface area contributed by atoms with Crippen LogP contribution < -0.4 is 0 Å². The second-order valence-electron chi connectivity index (χ2n) is 13.9. The van der Waals surface area contributed by atoms with Gasteiger partial charge in [-0.2, -0.15) is 0 Å². The molecule has 1 heterocycles. The van der Waals surface area contributed by atoms with Crippen LogP contribution in [0.15, 0.2) is 36.5 Å². The molecule has 3 atom stereocenters. The summed E-state index contributed by atoms with van der Waals surface area (Å²) in [6.45, 7) is 6.56. The molecule has 2 unspecified atom stereocenters. The molecule has 1 aliphatic rings. The molecule has 0 aromatic carbocycles. The fourth-order valence-electron chi connectivity index (χ4n) is 5.65. The summed E-state index contributed by atoms with van der Waals surface area (Å²) >= 11 is 0. The van der Waals surface area contributed by atoms with Crippen molar-refractivity contribution in [2.24, 2.45) is 5.92 Å². The lowest BCUT2D eigenvalue weighted by Gasteiger charge is -2.12. The second kappa shape index (κ2) is 31.4. The third-order valence-electron chi connectivity index (χ3n) is 8.73. The minimum absolute atomic E-state index is 0.135. The highest BCUT2D eigenvalue weighted by molar-refractivity contribution is 5.69. The molecule has 1 N–H and O–H groups in total. The Morgan fingerprint density at radius 1 is 0.638 bits per heavy atom. The summed E-state index contributed by atoms with van der Waals surface area (Å²) in [5.74, 6) is 0.206. The van der Waals surface area contributed by atoms with Crippen molar-refractivity contribution in [3.05, 3.63) is 36.5 Å². The summed E-state index contributed by atoms with van der Waals surface area (Å²) in [4.78, 5) is 23.9. The molecule has 1 saturated heterocycles. The van der Waals surface area contributed by atoms with Crippen molar-refractivity contribution < 1.29 is 28.9 Å². The van der Waals surface area contributed by atoms with Crippen LogP contribution in [0.25, 0.3) is 0 Å². The zero-order valence-corrected chi connectivity index (χ0v) is 30.6. The summed E-state index contributed by atoms with van der Waals surface area (Å²) in [6, 6.07) is 0. The molecule has 0 aromatic heterocycles. The van der Waals surface area contributed by atoms with Crippen LogP contribution >= 0.6 is 0 Å². The highest BCUT2D eigenvalue weighted by atomic mass is 16.6. The van der Waals surface area contributed by atoms with E-state index in [0.717, 1.165) is 50.9 Å². The van der Waals surface area contributed by atoms with Gasteiger partial charge >= 0.3 is 11.9 Å². The Labute approximate surface area is 289 Å². The Kier molecular flexibility index (Phi) is 28.8. The van der Waals surface area contributed by atoms with Crippen molar-refractivity contribution in [2.75, 3.05) is 13.2 Å². The van der Waals surface area contributed by atoms with E-state index in [2.05, 4.69) is 57.2 Å². The van der Waals surface area contributed by atoms with Gasteiger partial charge in [0.05, 0.1) is 12.2 Å². The van der Waals surface area contributed by atoms with Gasteiger partial charge in [0.15, 0.2) is 0 Å². The van der Waals surface area contributed by atoms with E-state index < -0.39 is 6.10 Å². The van der Waals surface area contributed by atoms with Crippen LogP contribution in [0.4, 0.5) is 0 Å². The molecule has 0 saturated carbocycles. The van der Waals surface area contributed by atoms with Crippen LogP contribution in [-0.4, -0.2) is 48.6 Å². The topological polar surface area (TPSA) is 85.4 Å². The minimum Gasteiger partial charge on any atom is -0.463 e. The Morgan fingerprint density at radius 2 is 1.15 bits per heavy atom. The number of aliphatic hydroxyl groups excluding tert-OH is 1. The highest BCUT2D eigenvalue weighted by Gasteiger charge is 2.36. The average molecular weight is 661 g/mol. The van der Waals surface area contributed by atoms with Crippen LogP contribution in [-0.2, 0) is 23.8 Å². The molecule has 1 aliphatic heterocycles. The van der Waals surface area contributed by atoms with Gasteiger partial charge in [-0.1, -0.05) is 154 Å². The maximum absolute atomic E-state index is 12.0. The summed E-state index contributed by atoms with van der Waals surface area (Å²) < 4.78 is 16.0. The number of hydrogen-bond donors (Lipinski definition) is 1. The molecule has 272 valence electrons. The van der Waals surface area contributed by atoms with Crippen LogP contribution in [0.3, 0.4) is 0 Å². The van der Waals surface area contributed by atoms with Crippen LogP contribution in [0.2, 0.25) is 0 Å². The van der Waals surface area contributed by atoms with E-state index in [0.29, 0.717) is 31.5 Å². The normalized spacial score (nSPS) is 17.0. The van der Waals surface area contributed by atoms with Crippen LogP contribution in [0.5, 0.6) is 0 Å². The second-order valence-corrected chi connectivity index (χ2v) is 13.9. The lowest BCUT2D eigenvalue weighted by Crippen LogP contribution is -2.25. The first-order valence-electron chi connectivity index (χ1n) is 19.5. The maximum Gasteiger partial charge on any atom is 0.305 e. The van der Waals surface area contributed by atoms with Crippen LogP contribution in [0, 0.1) is 5.92 Å². The largest absolute Gasteiger partial charge is 0.463 e. The number of allylic oxidation sites excluding steroid dienone is 5. The zero-order valence-electron chi connectivity index (χ0n) is 30.6. The first kappa shape index (κ1) is 43.1. The van der Waals surface area contributed by atoms with E-state index >= 15 is 0 Å². The van der Waals surface area contributed by atoms with Gasteiger partial charge in [0.2, 0.25) is 0 Å². The predicted octanol–water partition coefficient (Wildman–Crippen LogP) is 10.9. The fourth-order valence-corrected chi connectivity index (χ4v) is 5.65. The van der Waals surface area contributed by atoms with Gasteiger partial charge in [-0.15, -0.1) is 0 Å². The molecule has 0 amide bonds. The zero-order chi connectivity index (χ0) is 34.2. The Morgan fingerprint density at radius 3 is 1.72 bits per heavy atom. The number of ether oxygens (including phenoxy) is 3. The monoisotopic (exact) mass is 661 g/mol. The van der Waals surface area contributed by atoms with Gasteiger partial charge in [0.1, 0.15) is 19.3 Å². The number of epoxide rings is 1. The van der Waals surface area contributed by atoms with Crippen molar-refractivity contribution in [3.8, 4) is 0 Å². The van der Waals surface area contributed by atoms with Crippen molar-refractivity contribution in [1.82, 2.24) is 0 Å². The van der Waals surface area contributed by atoms with Gasteiger partial charge in [-0.3, -0.25) is 9.59 Å². The Hall–Kier alpha value is -1.92. The van der Waals surface area contributed by atoms with Crippen molar-refractivity contribution in [1.29, 1.82) is 0 Å².